The molecule has 0 fully saturated rings. The zero-order valence-electron chi connectivity index (χ0n) is 10.8. The average Bonchev–Trinajstić information content (AvgIpc) is 2.41. The predicted octanol–water partition coefficient (Wildman–Crippen LogP) is 4.44. The summed E-state index contributed by atoms with van der Waals surface area (Å²) in [6.45, 7) is 2.48. The van der Waals surface area contributed by atoms with E-state index in [9.17, 15) is 9.18 Å². The Morgan fingerprint density at radius 1 is 1.30 bits per heavy atom. The molecule has 0 spiro atoms. The largest absolute Gasteiger partial charge is 0.478 e. The van der Waals surface area contributed by atoms with Crippen LogP contribution in [-0.4, -0.2) is 17.6 Å². The van der Waals surface area contributed by atoms with Gasteiger partial charge >= 0.3 is 5.97 Å². The standard InChI is InChI=1S/C15H13BrFNO2/c1-2-18(14-6-4-3-5-13(14)17)10-7-8-11(15(19)20)12(16)9-10/h3-9H,2H2,1H3,(H,19,20). The molecule has 0 saturated carbocycles. The lowest BCUT2D eigenvalue weighted by atomic mass is 10.1. The molecule has 0 unspecified atom stereocenters. The second-order valence-corrected chi connectivity index (χ2v) is 5.02. The highest BCUT2D eigenvalue weighted by atomic mass is 79.9. The molecule has 0 atom stereocenters. The molecule has 20 heavy (non-hydrogen) atoms. The molecule has 0 saturated heterocycles. The maximum Gasteiger partial charge on any atom is 0.336 e. The van der Waals surface area contributed by atoms with Crippen molar-refractivity contribution in [2.45, 2.75) is 6.92 Å². The van der Waals surface area contributed by atoms with Crippen molar-refractivity contribution in [2.75, 3.05) is 11.4 Å². The number of benzene rings is 2. The van der Waals surface area contributed by atoms with Gasteiger partial charge in [0.15, 0.2) is 0 Å². The van der Waals surface area contributed by atoms with E-state index in [-0.39, 0.29) is 11.4 Å². The minimum Gasteiger partial charge on any atom is -0.478 e. The van der Waals surface area contributed by atoms with Crippen molar-refractivity contribution in [1.82, 2.24) is 0 Å². The number of carbonyl (C=O) groups is 1. The third kappa shape index (κ3) is 2.82. The molecule has 0 aliphatic carbocycles. The molecule has 1 N–H and O–H groups in total. The summed E-state index contributed by atoms with van der Waals surface area (Å²) in [6, 6.07) is 11.4. The van der Waals surface area contributed by atoms with E-state index >= 15 is 0 Å². The minimum atomic E-state index is -1.00. The first-order valence-electron chi connectivity index (χ1n) is 6.09. The van der Waals surface area contributed by atoms with Gasteiger partial charge in [0.05, 0.1) is 11.3 Å². The van der Waals surface area contributed by atoms with Crippen molar-refractivity contribution in [1.29, 1.82) is 0 Å². The average molecular weight is 338 g/mol. The van der Waals surface area contributed by atoms with Crippen LogP contribution in [0.1, 0.15) is 17.3 Å². The van der Waals surface area contributed by atoms with Crippen molar-refractivity contribution in [2.24, 2.45) is 0 Å². The second-order valence-electron chi connectivity index (χ2n) is 4.16. The predicted molar refractivity (Wildman–Crippen MR) is 80.2 cm³/mol. The highest BCUT2D eigenvalue weighted by Crippen LogP contribution is 2.30. The highest BCUT2D eigenvalue weighted by Gasteiger charge is 2.14. The molecule has 0 amide bonds. The second kappa shape index (κ2) is 6.05. The van der Waals surface area contributed by atoms with Crippen molar-refractivity contribution in [3.05, 3.63) is 58.3 Å². The summed E-state index contributed by atoms with van der Waals surface area (Å²) in [5.41, 5.74) is 1.37. The molecule has 2 aromatic rings. The third-order valence-electron chi connectivity index (χ3n) is 2.95. The number of rotatable bonds is 4. The fourth-order valence-electron chi connectivity index (χ4n) is 2.01. The first-order valence-corrected chi connectivity index (χ1v) is 6.88. The molecule has 0 aliphatic rings. The molecule has 0 radical (unpaired) electrons. The van der Waals surface area contributed by atoms with E-state index in [0.29, 0.717) is 16.7 Å². The van der Waals surface area contributed by atoms with Crippen molar-refractivity contribution in [3.8, 4) is 0 Å². The first-order chi connectivity index (χ1) is 9.54. The summed E-state index contributed by atoms with van der Waals surface area (Å²) in [4.78, 5) is 12.8. The molecule has 0 aromatic heterocycles. The van der Waals surface area contributed by atoms with E-state index in [2.05, 4.69) is 15.9 Å². The summed E-state index contributed by atoms with van der Waals surface area (Å²) in [6.07, 6.45) is 0. The van der Waals surface area contributed by atoms with Crippen LogP contribution in [-0.2, 0) is 0 Å². The van der Waals surface area contributed by atoms with Crippen molar-refractivity contribution < 1.29 is 14.3 Å². The number of nitrogens with zero attached hydrogens (tertiary/aromatic N) is 1. The van der Waals surface area contributed by atoms with Gasteiger partial charge in [0.25, 0.3) is 0 Å². The monoisotopic (exact) mass is 337 g/mol. The Kier molecular flexibility index (Phi) is 4.39. The molecule has 2 aromatic carbocycles. The lowest BCUT2D eigenvalue weighted by molar-refractivity contribution is 0.0696. The van der Waals surface area contributed by atoms with E-state index in [1.54, 1.807) is 35.2 Å². The zero-order valence-corrected chi connectivity index (χ0v) is 12.4. The van der Waals surface area contributed by atoms with Gasteiger partial charge in [-0.1, -0.05) is 12.1 Å². The van der Waals surface area contributed by atoms with Gasteiger partial charge in [-0.2, -0.15) is 0 Å². The van der Waals surface area contributed by atoms with Gasteiger partial charge in [-0.3, -0.25) is 0 Å². The molecule has 104 valence electrons. The highest BCUT2D eigenvalue weighted by molar-refractivity contribution is 9.10. The number of halogens is 2. The van der Waals surface area contributed by atoms with Crippen molar-refractivity contribution in [3.63, 3.8) is 0 Å². The fourth-order valence-corrected chi connectivity index (χ4v) is 2.54. The van der Waals surface area contributed by atoms with Gasteiger partial charge in [0.1, 0.15) is 5.82 Å². The number of para-hydroxylation sites is 1. The number of carboxylic acid groups (broad SMARTS) is 1. The van der Waals surface area contributed by atoms with Crippen LogP contribution in [0, 0.1) is 5.82 Å². The van der Waals surface area contributed by atoms with Gasteiger partial charge in [0.2, 0.25) is 0 Å². The Morgan fingerprint density at radius 3 is 2.55 bits per heavy atom. The lowest BCUT2D eigenvalue weighted by Crippen LogP contribution is -2.17. The van der Waals surface area contributed by atoms with Gasteiger partial charge in [0, 0.05) is 16.7 Å². The van der Waals surface area contributed by atoms with Crippen LogP contribution in [0.5, 0.6) is 0 Å². The summed E-state index contributed by atoms with van der Waals surface area (Å²) in [5, 5.41) is 9.01. The topological polar surface area (TPSA) is 40.5 Å². The molecular formula is C15H13BrFNO2. The summed E-state index contributed by atoms with van der Waals surface area (Å²) < 4.78 is 14.3. The van der Waals surface area contributed by atoms with Crippen LogP contribution < -0.4 is 4.90 Å². The maximum atomic E-state index is 13.9. The summed E-state index contributed by atoms with van der Waals surface area (Å²) >= 11 is 3.24. The Balaban J connectivity index is 2.46. The Morgan fingerprint density at radius 2 is 2.00 bits per heavy atom. The number of anilines is 2. The van der Waals surface area contributed by atoms with E-state index in [1.807, 2.05) is 6.92 Å². The van der Waals surface area contributed by atoms with E-state index in [0.717, 1.165) is 5.69 Å². The fraction of sp³-hybridized carbons (Fsp3) is 0.133. The molecule has 2 rings (SSSR count). The number of hydrogen-bond donors (Lipinski definition) is 1. The van der Waals surface area contributed by atoms with Crippen LogP contribution in [0.3, 0.4) is 0 Å². The van der Waals surface area contributed by atoms with Gasteiger partial charge < -0.3 is 10.0 Å². The van der Waals surface area contributed by atoms with Gasteiger partial charge in [-0.15, -0.1) is 0 Å². The van der Waals surface area contributed by atoms with Crippen LogP contribution in [0.2, 0.25) is 0 Å². The lowest BCUT2D eigenvalue weighted by Gasteiger charge is -2.24. The SMILES string of the molecule is CCN(c1ccc(C(=O)O)c(Br)c1)c1ccccc1F. The molecule has 5 heteroatoms. The Bertz CT molecular complexity index is 646. The zero-order chi connectivity index (χ0) is 14.7. The maximum absolute atomic E-state index is 13.9. The first kappa shape index (κ1) is 14.5. The minimum absolute atomic E-state index is 0.179. The van der Waals surface area contributed by atoms with E-state index < -0.39 is 5.97 Å². The Hall–Kier alpha value is -1.88. The number of aromatic carboxylic acids is 1. The number of carboxylic acids is 1. The van der Waals surface area contributed by atoms with Crippen molar-refractivity contribution >= 4 is 33.3 Å². The van der Waals surface area contributed by atoms with Crippen LogP contribution in [0.4, 0.5) is 15.8 Å². The normalized spacial score (nSPS) is 10.3. The van der Waals surface area contributed by atoms with Crippen LogP contribution in [0.15, 0.2) is 46.9 Å². The molecule has 3 nitrogen and oxygen atoms in total. The van der Waals surface area contributed by atoms with Crippen LogP contribution in [0.25, 0.3) is 0 Å². The third-order valence-corrected chi connectivity index (χ3v) is 3.61. The smallest absolute Gasteiger partial charge is 0.336 e. The van der Waals surface area contributed by atoms with E-state index in [4.69, 9.17) is 5.11 Å². The summed E-state index contributed by atoms with van der Waals surface area (Å²) in [7, 11) is 0. The molecule has 0 bridgehead atoms. The van der Waals surface area contributed by atoms with Crippen LogP contribution >= 0.6 is 15.9 Å². The number of hydrogen-bond acceptors (Lipinski definition) is 2. The molecule has 0 aliphatic heterocycles. The van der Waals surface area contributed by atoms with Gasteiger partial charge in [-0.25, -0.2) is 9.18 Å². The van der Waals surface area contributed by atoms with Gasteiger partial charge in [-0.05, 0) is 53.2 Å². The van der Waals surface area contributed by atoms with E-state index in [1.165, 1.54) is 12.1 Å². The Labute approximate surface area is 124 Å². The quantitative estimate of drug-likeness (QED) is 0.896. The molecular weight excluding hydrogens is 325 g/mol. The summed E-state index contributed by atoms with van der Waals surface area (Å²) in [5.74, 6) is -1.31. The molecule has 0 heterocycles.